The van der Waals surface area contributed by atoms with Crippen LogP contribution in [0.4, 0.5) is 0 Å². The van der Waals surface area contributed by atoms with Crippen molar-refractivity contribution in [2.24, 2.45) is 0 Å². The molecule has 1 aromatic heterocycles. The number of rotatable bonds is 10. The molecule has 0 spiro atoms. The monoisotopic (exact) mass is 274 g/mol. The number of hydrogen-bond donors (Lipinski definition) is 2. The molecular weight excluding hydrogens is 252 g/mol. The maximum absolute atomic E-state index is 11.6. The van der Waals surface area contributed by atoms with Gasteiger partial charge in [0.25, 0.3) is 0 Å². The molecule has 18 heavy (non-hydrogen) atoms. The Labute approximate surface area is 109 Å². The lowest BCUT2D eigenvalue weighted by molar-refractivity contribution is 0.550. The van der Waals surface area contributed by atoms with Gasteiger partial charge in [-0.3, -0.25) is 4.68 Å². The molecule has 0 aromatic carbocycles. The van der Waals surface area contributed by atoms with Crippen molar-refractivity contribution < 1.29 is 8.42 Å². The second-order valence-corrected chi connectivity index (χ2v) is 5.97. The summed E-state index contributed by atoms with van der Waals surface area (Å²) in [7, 11) is -3.12. The second-order valence-electron chi connectivity index (χ2n) is 4.04. The first-order valence-electron chi connectivity index (χ1n) is 6.29. The highest BCUT2D eigenvalue weighted by Crippen LogP contribution is 1.92. The maximum Gasteiger partial charge on any atom is 0.211 e. The van der Waals surface area contributed by atoms with E-state index in [9.17, 15) is 8.42 Å². The van der Waals surface area contributed by atoms with Gasteiger partial charge in [0.15, 0.2) is 0 Å². The van der Waals surface area contributed by atoms with E-state index < -0.39 is 10.0 Å². The largest absolute Gasteiger partial charge is 0.317 e. The third-order valence-electron chi connectivity index (χ3n) is 2.46. The highest BCUT2D eigenvalue weighted by molar-refractivity contribution is 7.89. The first kappa shape index (κ1) is 15.1. The highest BCUT2D eigenvalue weighted by Gasteiger charge is 2.08. The first-order valence-corrected chi connectivity index (χ1v) is 7.95. The fraction of sp³-hybridized carbons (Fsp3) is 0.727. The molecule has 2 N–H and O–H groups in total. The van der Waals surface area contributed by atoms with Gasteiger partial charge in [-0.1, -0.05) is 6.92 Å². The molecule has 0 radical (unpaired) electrons. The van der Waals surface area contributed by atoms with E-state index in [0.29, 0.717) is 13.0 Å². The van der Waals surface area contributed by atoms with Crippen molar-refractivity contribution in [1.82, 2.24) is 19.8 Å². The molecule has 0 fully saturated rings. The van der Waals surface area contributed by atoms with Gasteiger partial charge >= 0.3 is 0 Å². The Bertz CT molecular complexity index is 403. The lowest BCUT2D eigenvalue weighted by Crippen LogP contribution is -2.29. The van der Waals surface area contributed by atoms with Crippen LogP contribution in [0.5, 0.6) is 0 Å². The molecule has 0 aliphatic heterocycles. The van der Waals surface area contributed by atoms with Crippen LogP contribution in [0.1, 0.15) is 19.8 Å². The topological polar surface area (TPSA) is 76.0 Å². The van der Waals surface area contributed by atoms with Crippen LogP contribution < -0.4 is 10.0 Å². The average Bonchev–Trinajstić information content (AvgIpc) is 2.83. The van der Waals surface area contributed by atoms with Crippen molar-refractivity contribution in [3.05, 3.63) is 18.5 Å². The Hall–Kier alpha value is -0.920. The van der Waals surface area contributed by atoms with Crippen molar-refractivity contribution in [1.29, 1.82) is 0 Å². The van der Waals surface area contributed by atoms with Crippen LogP contribution in [-0.4, -0.2) is 43.6 Å². The second kappa shape index (κ2) is 8.23. The van der Waals surface area contributed by atoms with E-state index in [1.807, 2.05) is 19.2 Å². The van der Waals surface area contributed by atoms with E-state index in [2.05, 4.69) is 15.1 Å². The fourth-order valence-electron chi connectivity index (χ4n) is 1.54. The molecule has 0 atom stereocenters. The zero-order valence-corrected chi connectivity index (χ0v) is 11.6. The van der Waals surface area contributed by atoms with Crippen molar-refractivity contribution in [2.45, 2.75) is 26.3 Å². The lowest BCUT2D eigenvalue weighted by atomic mass is 10.4. The predicted octanol–water partition coefficient (Wildman–Crippen LogP) is 0.192. The van der Waals surface area contributed by atoms with E-state index >= 15 is 0 Å². The first-order chi connectivity index (χ1) is 8.64. The molecular formula is C11H22N4O2S. The summed E-state index contributed by atoms with van der Waals surface area (Å²) < 4.78 is 27.6. The smallest absolute Gasteiger partial charge is 0.211 e. The van der Waals surface area contributed by atoms with Gasteiger partial charge in [0.1, 0.15) is 0 Å². The quantitative estimate of drug-likeness (QED) is 0.597. The van der Waals surface area contributed by atoms with E-state index in [4.69, 9.17) is 0 Å². The summed E-state index contributed by atoms with van der Waals surface area (Å²) in [5.41, 5.74) is 0. The third kappa shape index (κ3) is 6.73. The molecule has 0 saturated carbocycles. The number of aryl methyl sites for hydroxylation is 1. The predicted molar refractivity (Wildman–Crippen MR) is 71.8 cm³/mol. The van der Waals surface area contributed by atoms with Crippen LogP contribution in [0.25, 0.3) is 0 Å². The summed E-state index contributed by atoms with van der Waals surface area (Å²) in [6.45, 7) is 4.81. The van der Waals surface area contributed by atoms with Gasteiger partial charge in [-0.25, -0.2) is 13.1 Å². The SMILES string of the molecule is CCNCCCS(=O)(=O)NCCCn1cccn1. The summed E-state index contributed by atoms with van der Waals surface area (Å²) in [6.07, 6.45) is 4.96. The Morgan fingerprint density at radius 3 is 2.78 bits per heavy atom. The Balaban J connectivity index is 2.09. The van der Waals surface area contributed by atoms with Crippen LogP contribution >= 0.6 is 0 Å². The van der Waals surface area contributed by atoms with E-state index in [-0.39, 0.29) is 5.75 Å². The van der Waals surface area contributed by atoms with E-state index in [1.165, 1.54) is 0 Å². The molecule has 0 amide bonds. The maximum atomic E-state index is 11.6. The molecule has 0 bridgehead atoms. The van der Waals surface area contributed by atoms with Crippen molar-refractivity contribution >= 4 is 10.0 Å². The Kier molecular flexibility index (Phi) is 6.92. The van der Waals surface area contributed by atoms with Crippen molar-refractivity contribution in [2.75, 3.05) is 25.4 Å². The minimum absolute atomic E-state index is 0.182. The van der Waals surface area contributed by atoms with Gasteiger partial charge in [-0.05, 0) is 32.0 Å². The number of sulfonamides is 1. The summed E-state index contributed by atoms with van der Waals surface area (Å²) in [5, 5.41) is 7.15. The molecule has 0 aliphatic rings. The molecule has 1 aromatic rings. The van der Waals surface area contributed by atoms with Crippen LogP contribution in [0, 0.1) is 0 Å². The Morgan fingerprint density at radius 2 is 2.11 bits per heavy atom. The van der Waals surface area contributed by atoms with E-state index in [1.54, 1.807) is 10.9 Å². The van der Waals surface area contributed by atoms with Crippen molar-refractivity contribution in [3.63, 3.8) is 0 Å². The highest BCUT2D eigenvalue weighted by atomic mass is 32.2. The van der Waals surface area contributed by atoms with Crippen LogP contribution in [-0.2, 0) is 16.6 Å². The molecule has 6 nitrogen and oxygen atoms in total. The van der Waals surface area contributed by atoms with Gasteiger partial charge in [-0.2, -0.15) is 5.10 Å². The van der Waals surface area contributed by atoms with Gasteiger partial charge in [-0.15, -0.1) is 0 Å². The molecule has 0 saturated heterocycles. The summed E-state index contributed by atoms with van der Waals surface area (Å²) in [6, 6.07) is 1.85. The molecule has 1 rings (SSSR count). The number of hydrogen-bond acceptors (Lipinski definition) is 4. The molecule has 0 aliphatic carbocycles. The molecule has 104 valence electrons. The van der Waals surface area contributed by atoms with Gasteiger partial charge in [0.2, 0.25) is 10.0 Å². The summed E-state index contributed by atoms with van der Waals surface area (Å²) in [5.74, 6) is 0.182. The van der Waals surface area contributed by atoms with Gasteiger partial charge in [0.05, 0.1) is 5.75 Å². The van der Waals surface area contributed by atoms with Gasteiger partial charge in [0, 0.05) is 25.5 Å². The minimum Gasteiger partial charge on any atom is -0.317 e. The van der Waals surface area contributed by atoms with Crippen LogP contribution in [0.2, 0.25) is 0 Å². The Morgan fingerprint density at radius 1 is 1.28 bits per heavy atom. The standard InChI is InChI=1S/C11H22N4O2S/c1-2-12-6-5-11-18(16,17)14-8-4-10-15-9-3-7-13-15/h3,7,9,12,14H,2,4-6,8,10-11H2,1H3. The van der Waals surface area contributed by atoms with Crippen molar-refractivity contribution in [3.8, 4) is 0 Å². The van der Waals surface area contributed by atoms with Gasteiger partial charge < -0.3 is 5.32 Å². The fourth-order valence-corrected chi connectivity index (χ4v) is 2.66. The summed E-state index contributed by atoms with van der Waals surface area (Å²) in [4.78, 5) is 0. The van der Waals surface area contributed by atoms with E-state index in [0.717, 1.165) is 26.1 Å². The summed E-state index contributed by atoms with van der Waals surface area (Å²) >= 11 is 0. The molecule has 7 heteroatoms. The number of nitrogens with one attached hydrogen (secondary N) is 2. The number of aromatic nitrogens is 2. The molecule has 1 heterocycles. The lowest BCUT2D eigenvalue weighted by Gasteiger charge is -2.07. The number of nitrogens with zero attached hydrogens (tertiary/aromatic N) is 2. The van der Waals surface area contributed by atoms with Crippen LogP contribution in [0.3, 0.4) is 0 Å². The minimum atomic E-state index is -3.12. The molecule has 0 unspecified atom stereocenters. The zero-order valence-electron chi connectivity index (χ0n) is 10.8. The average molecular weight is 274 g/mol. The third-order valence-corrected chi connectivity index (χ3v) is 3.93. The van der Waals surface area contributed by atoms with Crippen LogP contribution in [0.15, 0.2) is 18.5 Å². The zero-order chi connectivity index (χ0) is 13.3. The normalized spacial score (nSPS) is 11.8.